The molecule has 2 aromatic carbocycles. The molecule has 1 aliphatic heterocycles. The van der Waals surface area contributed by atoms with Crippen molar-refractivity contribution in [3.05, 3.63) is 58.6 Å². The molecule has 1 heterocycles. The summed E-state index contributed by atoms with van der Waals surface area (Å²) in [6.45, 7) is 3.02. The van der Waals surface area contributed by atoms with Crippen molar-refractivity contribution in [1.29, 1.82) is 0 Å². The molecule has 3 rings (SSSR count). The van der Waals surface area contributed by atoms with Crippen molar-refractivity contribution >= 4 is 28.9 Å². The Hall–Kier alpha value is -2.46. The van der Waals surface area contributed by atoms with E-state index >= 15 is 0 Å². The van der Waals surface area contributed by atoms with Gasteiger partial charge in [-0.25, -0.2) is 0 Å². The van der Waals surface area contributed by atoms with Crippen molar-refractivity contribution in [1.82, 2.24) is 4.90 Å². The predicted octanol–water partition coefficient (Wildman–Crippen LogP) is 5.53. The first-order valence-electron chi connectivity index (χ1n) is 9.70. The summed E-state index contributed by atoms with van der Waals surface area (Å²) in [5.41, 5.74) is -1.75. The highest BCUT2D eigenvalue weighted by atomic mass is 35.5. The summed E-state index contributed by atoms with van der Waals surface area (Å²) in [6, 6.07) is 7.35. The van der Waals surface area contributed by atoms with Gasteiger partial charge in [0.1, 0.15) is 0 Å². The van der Waals surface area contributed by atoms with E-state index in [1.807, 2.05) is 0 Å². The second-order valence-corrected chi connectivity index (χ2v) is 7.86. The Labute approximate surface area is 185 Å². The summed E-state index contributed by atoms with van der Waals surface area (Å²) in [5, 5.41) is 2.21. The summed E-state index contributed by atoms with van der Waals surface area (Å²) in [7, 11) is 0. The highest BCUT2D eigenvalue weighted by molar-refractivity contribution is 6.30. The number of hydrogen-bond donors (Lipinski definition) is 1. The third kappa shape index (κ3) is 5.66. The van der Waals surface area contributed by atoms with Crippen LogP contribution in [-0.4, -0.2) is 43.0 Å². The van der Waals surface area contributed by atoms with E-state index in [2.05, 4.69) is 5.32 Å². The number of hydrogen-bond acceptors (Lipinski definition) is 3. The fourth-order valence-electron chi connectivity index (χ4n) is 3.51. The summed E-state index contributed by atoms with van der Waals surface area (Å²) in [5.74, 6) is -0.620. The van der Waals surface area contributed by atoms with Gasteiger partial charge in [0.2, 0.25) is 5.91 Å². The first kappa shape index (κ1) is 24.2. The number of halogens is 7. The molecule has 1 unspecified atom stereocenters. The molecule has 0 bridgehead atoms. The molecule has 4 nitrogen and oxygen atoms in total. The van der Waals surface area contributed by atoms with E-state index < -0.39 is 35.4 Å². The van der Waals surface area contributed by atoms with Crippen molar-refractivity contribution in [2.45, 2.75) is 25.3 Å². The number of anilines is 2. The number of amides is 1. The first-order chi connectivity index (χ1) is 14.9. The lowest BCUT2D eigenvalue weighted by molar-refractivity contribution is -0.138. The van der Waals surface area contributed by atoms with Crippen LogP contribution in [0.3, 0.4) is 0 Å². The van der Waals surface area contributed by atoms with Crippen molar-refractivity contribution in [2.75, 3.05) is 36.4 Å². The van der Waals surface area contributed by atoms with Gasteiger partial charge in [-0.15, -0.1) is 0 Å². The number of rotatable bonds is 4. The quantitative estimate of drug-likeness (QED) is 0.586. The van der Waals surface area contributed by atoms with E-state index in [4.69, 9.17) is 11.6 Å². The summed E-state index contributed by atoms with van der Waals surface area (Å²) < 4.78 is 78.6. The van der Waals surface area contributed by atoms with Gasteiger partial charge in [0.05, 0.1) is 22.9 Å². The number of carbonyl (C=O) groups excluding carboxylic acids is 1. The van der Waals surface area contributed by atoms with Crippen LogP contribution in [0, 0.1) is 0 Å². The molecule has 1 fully saturated rings. The Balaban J connectivity index is 1.64. The zero-order valence-corrected chi connectivity index (χ0v) is 17.7. The fraction of sp³-hybridized carbons (Fsp3) is 0.381. The van der Waals surface area contributed by atoms with Crippen LogP contribution >= 0.6 is 11.6 Å². The minimum absolute atomic E-state index is 0.103. The molecule has 11 heteroatoms. The minimum atomic E-state index is -4.69. The van der Waals surface area contributed by atoms with Crippen LogP contribution in [0.25, 0.3) is 0 Å². The Kier molecular flexibility index (Phi) is 6.94. The van der Waals surface area contributed by atoms with E-state index in [-0.39, 0.29) is 10.7 Å². The zero-order chi connectivity index (χ0) is 23.7. The lowest BCUT2D eigenvalue weighted by Crippen LogP contribution is -2.53. The van der Waals surface area contributed by atoms with Gasteiger partial charge < -0.3 is 10.2 Å². The van der Waals surface area contributed by atoms with Gasteiger partial charge in [-0.05, 0) is 43.3 Å². The lowest BCUT2D eigenvalue weighted by Gasteiger charge is -2.38. The SMILES string of the molecule is CC(C(=O)Nc1ccc(Cl)cc1C(F)(F)F)N1CCN(c2cccc(C(F)(F)F)c2)CC1. The number of nitrogens with one attached hydrogen (secondary N) is 1. The van der Waals surface area contributed by atoms with Crippen LogP contribution in [0.4, 0.5) is 37.7 Å². The molecule has 0 aromatic heterocycles. The third-order valence-corrected chi connectivity index (χ3v) is 5.56. The molecule has 1 aliphatic rings. The van der Waals surface area contributed by atoms with Crippen LogP contribution in [0.5, 0.6) is 0 Å². The Morgan fingerprint density at radius 2 is 1.62 bits per heavy atom. The topological polar surface area (TPSA) is 35.6 Å². The number of nitrogens with zero attached hydrogens (tertiary/aromatic N) is 2. The van der Waals surface area contributed by atoms with Crippen LogP contribution in [-0.2, 0) is 17.1 Å². The van der Waals surface area contributed by atoms with Crippen molar-refractivity contribution in [3.63, 3.8) is 0 Å². The van der Waals surface area contributed by atoms with E-state index in [0.717, 1.165) is 24.3 Å². The molecule has 0 aliphatic carbocycles. The van der Waals surface area contributed by atoms with E-state index in [1.165, 1.54) is 12.1 Å². The largest absolute Gasteiger partial charge is 0.418 e. The maximum Gasteiger partial charge on any atom is 0.418 e. The first-order valence-corrected chi connectivity index (χ1v) is 10.1. The fourth-order valence-corrected chi connectivity index (χ4v) is 3.68. The van der Waals surface area contributed by atoms with Gasteiger partial charge in [0, 0.05) is 36.9 Å². The van der Waals surface area contributed by atoms with Crippen molar-refractivity contribution < 1.29 is 31.1 Å². The average molecular weight is 480 g/mol. The Morgan fingerprint density at radius 3 is 2.22 bits per heavy atom. The van der Waals surface area contributed by atoms with Gasteiger partial charge in [-0.3, -0.25) is 9.69 Å². The van der Waals surface area contributed by atoms with E-state index in [0.29, 0.717) is 31.9 Å². The third-order valence-electron chi connectivity index (χ3n) is 5.32. The Morgan fingerprint density at radius 1 is 0.969 bits per heavy atom. The zero-order valence-electron chi connectivity index (χ0n) is 16.9. The molecule has 0 saturated carbocycles. The summed E-state index contributed by atoms with van der Waals surface area (Å²) in [6.07, 6.45) is -9.13. The van der Waals surface area contributed by atoms with E-state index in [9.17, 15) is 31.1 Å². The highest BCUT2D eigenvalue weighted by Crippen LogP contribution is 2.37. The molecule has 1 N–H and O–H groups in total. The van der Waals surface area contributed by atoms with Crippen LogP contribution < -0.4 is 10.2 Å². The van der Waals surface area contributed by atoms with Gasteiger partial charge in [0.25, 0.3) is 0 Å². The highest BCUT2D eigenvalue weighted by Gasteiger charge is 2.35. The van der Waals surface area contributed by atoms with Gasteiger partial charge in [-0.1, -0.05) is 17.7 Å². The standard InChI is InChI=1S/C21H20ClF6N3O/c1-13(19(32)29-18-6-5-15(22)12-17(18)21(26,27)28)30-7-9-31(10-8-30)16-4-2-3-14(11-16)20(23,24)25/h2-6,11-13H,7-10H2,1H3,(H,29,32). The Bertz CT molecular complexity index is 971. The van der Waals surface area contributed by atoms with Crippen LogP contribution in [0.2, 0.25) is 5.02 Å². The van der Waals surface area contributed by atoms with Gasteiger partial charge in [0.15, 0.2) is 0 Å². The molecule has 0 spiro atoms. The van der Waals surface area contributed by atoms with Gasteiger partial charge in [-0.2, -0.15) is 26.3 Å². The smallest absolute Gasteiger partial charge is 0.369 e. The van der Waals surface area contributed by atoms with Crippen LogP contribution in [0.15, 0.2) is 42.5 Å². The molecular weight excluding hydrogens is 460 g/mol. The summed E-state index contributed by atoms with van der Waals surface area (Å²) >= 11 is 5.65. The molecule has 0 radical (unpaired) electrons. The second kappa shape index (κ2) is 9.19. The maximum absolute atomic E-state index is 13.2. The average Bonchev–Trinajstić information content (AvgIpc) is 2.73. The molecule has 1 atom stereocenters. The lowest BCUT2D eigenvalue weighted by atomic mass is 10.1. The number of benzene rings is 2. The normalized spacial score (nSPS) is 16.7. The number of alkyl halides is 6. The maximum atomic E-state index is 13.2. The molecular formula is C21H20ClF6N3O. The second-order valence-electron chi connectivity index (χ2n) is 7.42. The number of carbonyl (C=O) groups is 1. The van der Waals surface area contributed by atoms with Crippen LogP contribution in [0.1, 0.15) is 18.1 Å². The number of piperazine rings is 1. The summed E-state index contributed by atoms with van der Waals surface area (Å²) in [4.78, 5) is 16.1. The van der Waals surface area contributed by atoms with Gasteiger partial charge >= 0.3 is 12.4 Å². The van der Waals surface area contributed by atoms with Crippen molar-refractivity contribution in [3.8, 4) is 0 Å². The molecule has 32 heavy (non-hydrogen) atoms. The van der Waals surface area contributed by atoms with E-state index in [1.54, 1.807) is 22.8 Å². The molecule has 2 aromatic rings. The predicted molar refractivity (Wildman–Crippen MR) is 110 cm³/mol. The molecule has 1 amide bonds. The molecule has 1 saturated heterocycles. The van der Waals surface area contributed by atoms with Crippen molar-refractivity contribution in [2.24, 2.45) is 0 Å². The minimum Gasteiger partial charge on any atom is -0.369 e. The molecule has 174 valence electrons. The monoisotopic (exact) mass is 479 g/mol.